The van der Waals surface area contributed by atoms with Crippen molar-refractivity contribution < 1.29 is 48.5 Å². The molecule has 4 rings (SSSR count). The molecule has 1 unspecified atom stereocenters. The van der Waals surface area contributed by atoms with Crippen LogP contribution in [0.5, 0.6) is 11.6 Å². The van der Waals surface area contributed by atoms with Crippen molar-refractivity contribution in [2.45, 2.75) is 82.9 Å². The zero-order valence-corrected chi connectivity index (χ0v) is 22.7. The van der Waals surface area contributed by atoms with Crippen molar-refractivity contribution in [1.82, 2.24) is 9.78 Å². The summed E-state index contributed by atoms with van der Waals surface area (Å²) >= 11 is 0. The first kappa shape index (κ1) is 29.1. The van der Waals surface area contributed by atoms with Crippen LogP contribution in [0.3, 0.4) is 0 Å². The van der Waals surface area contributed by atoms with Gasteiger partial charge in [-0.25, -0.2) is 4.79 Å². The van der Waals surface area contributed by atoms with Crippen molar-refractivity contribution in [3.05, 3.63) is 41.1 Å². The minimum atomic E-state index is -1.60. The van der Waals surface area contributed by atoms with Crippen molar-refractivity contribution >= 4 is 6.16 Å². The zero-order valence-electron chi connectivity index (χ0n) is 22.7. The molecule has 3 heterocycles. The number of aromatic nitrogens is 2. The quantitative estimate of drug-likeness (QED) is 0.393. The van der Waals surface area contributed by atoms with Crippen LogP contribution in [0.1, 0.15) is 49.6 Å². The van der Waals surface area contributed by atoms with Gasteiger partial charge in [0.2, 0.25) is 12.2 Å². The molecule has 2 aliphatic rings. The van der Waals surface area contributed by atoms with Gasteiger partial charge < -0.3 is 43.7 Å². The smallest absolute Gasteiger partial charge is 0.490 e. The highest BCUT2D eigenvalue weighted by Crippen LogP contribution is 2.31. The van der Waals surface area contributed by atoms with E-state index in [-0.39, 0.29) is 18.0 Å². The highest BCUT2D eigenvalue weighted by atomic mass is 16.7. The van der Waals surface area contributed by atoms with E-state index in [1.54, 1.807) is 0 Å². The Hall–Kier alpha value is -2.90. The molecule has 1 aromatic heterocycles. The maximum atomic E-state index is 11.4. The molecule has 1 aromatic carbocycles. The van der Waals surface area contributed by atoms with Crippen LogP contribution in [0.2, 0.25) is 0 Å². The average Bonchev–Trinajstić information content (AvgIpc) is 3.24. The lowest BCUT2D eigenvalue weighted by Gasteiger charge is -2.39. The van der Waals surface area contributed by atoms with Gasteiger partial charge in [-0.15, -0.1) is 5.10 Å². The van der Waals surface area contributed by atoms with Crippen molar-refractivity contribution in [3.63, 3.8) is 0 Å². The molecule has 2 aliphatic heterocycles. The van der Waals surface area contributed by atoms with Crippen LogP contribution in [-0.2, 0) is 25.4 Å². The number of carbonyl (C=O) groups is 1. The monoisotopic (exact) mass is 550 g/mol. The van der Waals surface area contributed by atoms with Gasteiger partial charge in [-0.1, -0.05) is 12.1 Å². The molecule has 3 N–H and O–H groups in total. The fraction of sp³-hybridized carbons (Fsp3) is 0.630. The predicted molar refractivity (Wildman–Crippen MR) is 137 cm³/mol. The van der Waals surface area contributed by atoms with Gasteiger partial charge >= 0.3 is 6.16 Å². The molecule has 0 spiro atoms. The molecule has 216 valence electrons. The summed E-state index contributed by atoms with van der Waals surface area (Å²) < 4.78 is 34.3. The first-order chi connectivity index (χ1) is 18.7. The van der Waals surface area contributed by atoms with Gasteiger partial charge in [0.15, 0.2) is 0 Å². The lowest BCUT2D eigenvalue weighted by molar-refractivity contribution is -0.278. The van der Waals surface area contributed by atoms with Crippen LogP contribution < -0.4 is 9.47 Å². The van der Waals surface area contributed by atoms with E-state index in [9.17, 15) is 20.1 Å². The van der Waals surface area contributed by atoms with Gasteiger partial charge in [0.1, 0.15) is 42.9 Å². The Balaban J connectivity index is 1.51. The number of carbonyl (C=O) groups excluding carboxylic acids is 1. The predicted octanol–water partition coefficient (Wildman–Crippen LogP) is 1.89. The Kier molecular flexibility index (Phi) is 9.67. The van der Waals surface area contributed by atoms with E-state index in [0.29, 0.717) is 19.6 Å². The summed E-state index contributed by atoms with van der Waals surface area (Å²) in [6.07, 6.45) is -5.83. The third kappa shape index (κ3) is 7.00. The second-order valence-corrected chi connectivity index (χ2v) is 10.1. The maximum absolute atomic E-state index is 11.4. The minimum absolute atomic E-state index is 0.0298. The van der Waals surface area contributed by atoms with Crippen LogP contribution >= 0.6 is 0 Å². The molecule has 5 atom stereocenters. The maximum Gasteiger partial charge on any atom is 0.508 e. The molecule has 12 nitrogen and oxygen atoms in total. The number of aliphatic hydroxyl groups excluding tert-OH is 3. The fourth-order valence-electron chi connectivity index (χ4n) is 4.67. The fourth-order valence-corrected chi connectivity index (χ4v) is 4.67. The van der Waals surface area contributed by atoms with E-state index in [2.05, 4.69) is 9.84 Å². The summed E-state index contributed by atoms with van der Waals surface area (Å²) in [5.74, 6) is 1.02. The summed E-state index contributed by atoms with van der Waals surface area (Å²) in [5.41, 5.74) is 2.65. The third-order valence-corrected chi connectivity index (χ3v) is 6.93. The van der Waals surface area contributed by atoms with Gasteiger partial charge in [-0.3, -0.25) is 4.68 Å². The minimum Gasteiger partial charge on any atom is -0.490 e. The molecule has 0 saturated carbocycles. The van der Waals surface area contributed by atoms with Crippen molar-refractivity contribution in [1.29, 1.82) is 0 Å². The van der Waals surface area contributed by atoms with E-state index >= 15 is 0 Å². The Labute approximate surface area is 227 Å². The van der Waals surface area contributed by atoms with Crippen LogP contribution in [0.15, 0.2) is 24.3 Å². The number of rotatable bonds is 9. The number of hydrogen-bond acceptors (Lipinski definition) is 11. The Morgan fingerprint density at radius 3 is 2.41 bits per heavy atom. The molecular formula is C27H38N2O10. The van der Waals surface area contributed by atoms with E-state index in [0.717, 1.165) is 42.5 Å². The summed E-state index contributed by atoms with van der Waals surface area (Å²) in [5, 5.41) is 35.9. The number of aliphatic hydroxyl groups is 3. The molecule has 0 radical (unpaired) electrons. The van der Waals surface area contributed by atoms with Gasteiger partial charge in [0.25, 0.3) is 0 Å². The Morgan fingerprint density at radius 2 is 1.77 bits per heavy atom. The third-order valence-electron chi connectivity index (χ3n) is 6.93. The van der Waals surface area contributed by atoms with Crippen LogP contribution in [-0.4, -0.2) is 95.0 Å². The van der Waals surface area contributed by atoms with Crippen molar-refractivity contribution in [3.8, 4) is 11.6 Å². The molecule has 2 aromatic rings. The normalized spacial score (nSPS) is 25.9. The van der Waals surface area contributed by atoms with E-state index in [1.165, 1.54) is 0 Å². The second kappa shape index (κ2) is 13.0. The summed E-state index contributed by atoms with van der Waals surface area (Å²) in [4.78, 5) is 11.4. The summed E-state index contributed by atoms with van der Waals surface area (Å²) in [7, 11) is 1.15. The molecular weight excluding hydrogens is 512 g/mol. The molecule has 2 fully saturated rings. The first-order valence-corrected chi connectivity index (χ1v) is 13.2. The number of nitrogens with zero attached hydrogens (tertiary/aromatic N) is 2. The van der Waals surface area contributed by atoms with Crippen molar-refractivity contribution in [2.75, 3.05) is 26.9 Å². The standard InChI is InChI=1S/C27H38N2O10/c1-15(2)29-16(3)20(13-17-5-7-18(8-6-17)37-19-9-11-35-12-10-19)25(28-29)39-26-24(32)23(31)22(30)21(38-26)14-36-27(33)34-4/h5-8,15,19,21-24,26,30-32H,9-14H2,1-4H3/t21-,22-,23?,24-,26+/m1/s1. The summed E-state index contributed by atoms with van der Waals surface area (Å²) in [6, 6.07) is 7.87. The van der Waals surface area contributed by atoms with Crippen LogP contribution in [0.25, 0.3) is 0 Å². The average molecular weight is 551 g/mol. The lowest BCUT2D eigenvalue weighted by Crippen LogP contribution is -2.60. The lowest BCUT2D eigenvalue weighted by atomic mass is 9.99. The van der Waals surface area contributed by atoms with Gasteiger partial charge in [0.05, 0.1) is 20.3 Å². The molecule has 12 heteroatoms. The number of benzene rings is 1. The first-order valence-electron chi connectivity index (χ1n) is 13.2. The molecule has 39 heavy (non-hydrogen) atoms. The molecule has 0 bridgehead atoms. The summed E-state index contributed by atoms with van der Waals surface area (Å²) in [6.45, 7) is 6.91. The van der Waals surface area contributed by atoms with E-state index in [1.807, 2.05) is 49.7 Å². The van der Waals surface area contributed by atoms with Gasteiger partial charge in [0, 0.05) is 36.6 Å². The zero-order chi connectivity index (χ0) is 28.1. The second-order valence-electron chi connectivity index (χ2n) is 10.1. The molecule has 2 saturated heterocycles. The molecule has 0 amide bonds. The highest BCUT2D eigenvalue weighted by Gasteiger charge is 2.46. The van der Waals surface area contributed by atoms with E-state index < -0.39 is 43.5 Å². The number of ether oxygens (including phenoxy) is 6. The van der Waals surface area contributed by atoms with E-state index in [4.69, 9.17) is 23.7 Å². The van der Waals surface area contributed by atoms with Crippen LogP contribution in [0.4, 0.5) is 4.79 Å². The van der Waals surface area contributed by atoms with Gasteiger partial charge in [-0.05, 0) is 38.5 Å². The Bertz CT molecular complexity index is 1080. The number of methoxy groups -OCH3 is 1. The van der Waals surface area contributed by atoms with Gasteiger partial charge in [-0.2, -0.15) is 0 Å². The topological polar surface area (TPSA) is 151 Å². The Morgan fingerprint density at radius 1 is 1.08 bits per heavy atom. The number of hydrogen-bond donors (Lipinski definition) is 3. The van der Waals surface area contributed by atoms with Crippen molar-refractivity contribution in [2.24, 2.45) is 0 Å². The SMILES string of the molecule is COC(=O)OC[C@H]1O[C@@H](Oc2nn(C(C)C)c(C)c2Cc2ccc(OC3CCOCC3)cc2)[C@H](O)C(O)[C@@H]1O. The molecule has 0 aliphatic carbocycles. The largest absolute Gasteiger partial charge is 0.508 e. The van der Waals surface area contributed by atoms with Crippen LogP contribution in [0, 0.1) is 6.92 Å². The highest BCUT2D eigenvalue weighted by molar-refractivity contribution is 5.59.